The smallest absolute Gasteiger partial charge is 0.188 e. The Morgan fingerprint density at radius 1 is 1.09 bits per heavy atom. The van der Waals surface area contributed by atoms with Crippen molar-refractivity contribution in [3.05, 3.63) is 0 Å². The van der Waals surface area contributed by atoms with Crippen LogP contribution in [-0.2, 0) is 0 Å². The van der Waals surface area contributed by atoms with E-state index in [2.05, 4.69) is 36.0 Å². The largest absolute Gasteiger partial charge is 0.370 e. The molecule has 1 aliphatic rings. The van der Waals surface area contributed by atoms with Gasteiger partial charge < -0.3 is 16.0 Å². The number of aliphatic imine (C=N–C) groups is 1. The molecule has 0 amide bonds. The number of likely N-dealkylation sites (tertiary alicyclic amines) is 1. The van der Waals surface area contributed by atoms with Crippen LogP contribution in [0.25, 0.3) is 0 Å². The van der Waals surface area contributed by atoms with Crippen molar-refractivity contribution in [2.75, 3.05) is 26.2 Å². The standard InChI is InChI=1S/C17H36N4.HI/c1-15(2)9-8-10-16(3)20-17(18)19-11-4-5-12-21-13-6-7-14-21;/h15-16H,4-14H2,1-3H3,(H3,18,19,20);1H. The van der Waals surface area contributed by atoms with Gasteiger partial charge in [-0.3, -0.25) is 4.99 Å². The number of nitrogens with one attached hydrogen (secondary N) is 1. The molecule has 1 atom stereocenters. The molecule has 1 aliphatic heterocycles. The van der Waals surface area contributed by atoms with Crippen LogP contribution in [0.2, 0.25) is 0 Å². The van der Waals surface area contributed by atoms with Crippen LogP contribution >= 0.6 is 24.0 Å². The minimum absolute atomic E-state index is 0. The number of nitrogens with zero attached hydrogens (tertiary/aromatic N) is 2. The quantitative estimate of drug-likeness (QED) is 0.244. The van der Waals surface area contributed by atoms with Crippen molar-refractivity contribution in [3.63, 3.8) is 0 Å². The molecule has 3 N–H and O–H groups in total. The Hall–Kier alpha value is -0.0400. The van der Waals surface area contributed by atoms with Crippen LogP contribution in [0.4, 0.5) is 0 Å². The Kier molecular flexibility index (Phi) is 13.4. The lowest BCUT2D eigenvalue weighted by Crippen LogP contribution is -2.38. The molecule has 132 valence electrons. The zero-order valence-corrected chi connectivity index (χ0v) is 17.1. The molecule has 0 radical (unpaired) electrons. The fourth-order valence-corrected chi connectivity index (χ4v) is 2.86. The lowest BCUT2D eigenvalue weighted by molar-refractivity contribution is 0.331. The van der Waals surface area contributed by atoms with Gasteiger partial charge in [-0.25, -0.2) is 0 Å². The molecular formula is C17H37IN4. The van der Waals surface area contributed by atoms with Crippen LogP contribution in [0.1, 0.15) is 65.7 Å². The molecule has 1 heterocycles. The predicted molar refractivity (Wildman–Crippen MR) is 108 cm³/mol. The van der Waals surface area contributed by atoms with Gasteiger partial charge in [0.15, 0.2) is 5.96 Å². The zero-order valence-electron chi connectivity index (χ0n) is 14.8. The summed E-state index contributed by atoms with van der Waals surface area (Å²) in [4.78, 5) is 6.99. The normalized spacial score (nSPS) is 17.5. The molecule has 0 saturated carbocycles. The monoisotopic (exact) mass is 424 g/mol. The van der Waals surface area contributed by atoms with E-state index in [-0.39, 0.29) is 24.0 Å². The first-order valence-corrected chi connectivity index (χ1v) is 8.86. The number of rotatable bonds is 10. The predicted octanol–water partition coefficient (Wildman–Crippen LogP) is 3.60. The molecule has 0 aromatic carbocycles. The maximum Gasteiger partial charge on any atom is 0.188 e. The molecule has 1 rings (SSSR count). The third-order valence-electron chi connectivity index (χ3n) is 4.18. The molecule has 5 heteroatoms. The Morgan fingerprint density at radius 3 is 2.41 bits per heavy atom. The van der Waals surface area contributed by atoms with E-state index >= 15 is 0 Å². The van der Waals surface area contributed by atoms with Crippen molar-refractivity contribution in [1.29, 1.82) is 0 Å². The van der Waals surface area contributed by atoms with Crippen molar-refractivity contribution >= 4 is 29.9 Å². The fraction of sp³-hybridized carbons (Fsp3) is 0.941. The summed E-state index contributed by atoms with van der Waals surface area (Å²) in [5.74, 6) is 1.41. The highest BCUT2D eigenvalue weighted by atomic mass is 127. The number of hydrogen-bond acceptors (Lipinski definition) is 2. The first-order chi connectivity index (χ1) is 10.1. The molecule has 0 spiro atoms. The van der Waals surface area contributed by atoms with Gasteiger partial charge in [0.2, 0.25) is 0 Å². The van der Waals surface area contributed by atoms with Crippen molar-refractivity contribution in [3.8, 4) is 0 Å². The molecule has 1 fully saturated rings. The van der Waals surface area contributed by atoms with Gasteiger partial charge in [-0.2, -0.15) is 0 Å². The lowest BCUT2D eigenvalue weighted by atomic mass is 10.0. The van der Waals surface area contributed by atoms with Crippen molar-refractivity contribution in [2.45, 2.75) is 71.8 Å². The van der Waals surface area contributed by atoms with Crippen LogP contribution in [0, 0.1) is 5.92 Å². The molecular weight excluding hydrogens is 387 g/mol. The van der Waals surface area contributed by atoms with E-state index in [0.29, 0.717) is 12.0 Å². The van der Waals surface area contributed by atoms with E-state index in [9.17, 15) is 0 Å². The van der Waals surface area contributed by atoms with Gasteiger partial charge in [0.25, 0.3) is 0 Å². The molecule has 0 aromatic heterocycles. The zero-order chi connectivity index (χ0) is 15.5. The molecule has 0 aromatic rings. The summed E-state index contributed by atoms with van der Waals surface area (Å²) in [6, 6.07) is 0.428. The first-order valence-electron chi connectivity index (χ1n) is 8.86. The van der Waals surface area contributed by atoms with E-state index in [4.69, 9.17) is 5.73 Å². The van der Waals surface area contributed by atoms with E-state index in [1.54, 1.807) is 0 Å². The molecule has 0 aliphatic carbocycles. The summed E-state index contributed by atoms with van der Waals surface area (Å²) in [5.41, 5.74) is 5.94. The third-order valence-corrected chi connectivity index (χ3v) is 4.18. The third kappa shape index (κ3) is 11.5. The molecule has 1 unspecified atom stereocenters. The van der Waals surface area contributed by atoms with E-state index in [0.717, 1.165) is 18.9 Å². The van der Waals surface area contributed by atoms with Gasteiger partial charge in [-0.1, -0.05) is 26.7 Å². The van der Waals surface area contributed by atoms with Crippen molar-refractivity contribution < 1.29 is 0 Å². The summed E-state index contributed by atoms with van der Waals surface area (Å²) in [6.07, 6.45) is 8.85. The summed E-state index contributed by atoms with van der Waals surface area (Å²) in [5, 5.41) is 3.30. The second-order valence-corrected chi connectivity index (χ2v) is 6.89. The second-order valence-electron chi connectivity index (χ2n) is 6.89. The second kappa shape index (κ2) is 13.4. The summed E-state index contributed by atoms with van der Waals surface area (Å²) in [6.45, 7) is 11.4. The minimum Gasteiger partial charge on any atom is -0.370 e. The van der Waals surface area contributed by atoms with Crippen molar-refractivity contribution in [1.82, 2.24) is 10.2 Å². The van der Waals surface area contributed by atoms with E-state index in [1.807, 2.05) is 0 Å². The Labute approximate surface area is 154 Å². The maximum atomic E-state index is 5.94. The number of nitrogens with two attached hydrogens (primary N) is 1. The van der Waals surface area contributed by atoms with Crippen LogP contribution in [0.3, 0.4) is 0 Å². The van der Waals surface area contributed by atoms with Gasteiger partial charge >= 0.3 is 0 Å². The highest BCUT2D eigenvalue weighted by Crippen LogP contribution is 2.09. The van der Waals surface area contributed by atoms with Gasteiger partial charge in [0, 0.05) is 12.6 Å². The van der Waals surface area contributed by atoms with Crippen LogP contribution in [0.15, 0.2) is 4.99 Å². The van der Waals surface area contributed by atoms with Crippen LogP contribution in [-0.4, -0.2) is 43.1 Å². The van der Waals surface area contributed by atoms with Gasteiger partial charge in [0.05, 0.1) is 0 Å². The molecule has 1 saturated heterocycles. The Morgan fingerprint density at radius 2 is 1.77 bits per heavy atom. The summed E-state index contributed by atoms with van der Waals surface area (Å²) >= 11 is 0. The summed E-state index contributed by atoms with van der Waals surface area (Å²) in [7, 11) is 0. The van der Waals surface area contributed by atoms with Gasteiger partial charge in [-0.05, 0) is 64.6 Å². The highest BCUT2D eigenvalue weighted by molar-refractivity contribution is 14.0. The lowest BCUT2D eigenvalue weighted by Gasteiger charge is -2.15. The van der Waals surface area contributed by atoms with Crippen LogP contribution in [0.5, 0.6) is 0 Å². The molecule has 4 nitrogen and oxygen atoms in total. The Balaban J connectivity index is 0.00000441. The first kappa shape index (κ1) is 22.0. The number of halogens is 1. The topological polar surface area (TPSA) is 53.6 Å². The van der Waals surface area contributed by atoms with E-state index < -0.39 is 0 Å². The highest BCUT2D eigenvalue weighted by Gasteiger charge is 2.09. The number of guanidine groups is 1. The van der Waals surface area contributed by atoms with Crippen molar-refractivity contribution in [2.24, 2.45) is 16.6 Å². The molecule has 22 heavy (non-hydrogen) atoms. The number of unbranched alkanes of at least 4 members (excludes halogenated alkanes) is 1. The average molecular weight is 424 g/mol. The number of hydrogen-bond donors (Lipinski definition) is 2. The SMILES string of the molecule is CC(C)CCCC(C)NC(N)=NCCCCN1CCCC1.I. The van der Waals surface area contributed by atoms with E-state index in [1.165, 1.54) is 58.2 Å². The van der Waals surface area contributed by atoms with Crippen LogP contribution < -0.4 is 11.1 Å². The minimum atomic E-state index is 0. The fourth-order valence-electron chi connectivity index (χ4n) is 2.86. The maximum absolute atomic E-state index is 5.94. The summed E-state index contributed by atoms with van der Waals surface area (Å²) < 4.78 is 0. The van der Waals surface area contributed by atoms with Gasteiger partial charge in [0.1, 0.15) is 0 Å². The average Bonchev–Trinajstić information content (AvgIpc) is 2.91. The van der Waals surface area contributed by atoms with Gasteiger partial charge in [-0.15, -0.1) is 24.0 Å². The molecule has 0 bridgehead atoms. The Bertz CT molecular complexity index is 288.